The highest BCUT2D eigenvalue weighted by atomic mass is 16.5. The first-order valence-corrected chi connectivity index (χ1v) is 9.88. The Hall–Kier alpha value is -2.95. The molecule has 0 saturated carbocycles. The molecule has 0 aliphatic carbocycles. The first-order valence-electron chi connectivity index (χ1n) is 9.88. The number of benzene rings is 2. The Morgan fingerprint density at radius 1 is 1.11 bits per heavy atom. The minimum absolute atomic E-state index is 0.301. The number of hydrogen-bond acceptors (Lipinski definition) is 5. The monoisotopic (exact) mass is 379 g/mol. The second kappa shape index (κ2) is 7.97. The molecule has 5 nitrogen and oxygen atoms in total. The van der Waals surface area contributed by atoms with Crippen LogP contribution in [0.4, 0.5) is 5.69 Å². The molecule has 5 heteroatoms. The van der Waals surface area contributed by atoms with Crippen molar-refractivity contribution < 1.29 is 13.9 Å². The fourth-order valence-corrected chi connectivity index (χ4v) is 3.66. The minimum atomic E-state index is -0.301. The summed E-state index contributed by atoms with van der Waals surface area (Å²) >= 11 is 0. The van der Waals surface area contributed by atoms with Gasteiger partial charge < -0.3 is 18.8 Å². The van der Waals surface area contributed by atoms with Gasteiger partial charge in [0.2, 0.25) is 0 Å². The lowest BCUT2D eigenvalue weighted by Gasteiger charge is -2.31. The van der Waals surface area contributed by atoms with Gasteiger partial charge in [-0.2, -0.15) is 0 Å². The third-order valence-electron chi connectivity index (χ3n) is 5.10. The van der Waals surface area contributed by atoms with Crippen LogP contribution in [0.1, 0.15) is 37.8 Å². The number of hydrogen-bond donors (Lipinski definition) is 0. The van der Waals surface area contributed by atoms with Crippen LogP contribution in [0, 0.1) is 0 Å². The van der Waals surface area contributed by atoms with Crippen LogP contribution < -0.4 is 20.0 Å². The van der Waals surface area contributed by atoms with Crippen molar-refractivity contribution in [2.24, 2.45) is 0 Å². The summed E-state index contributed by atoms with van der Waals surface area (Å²) in [5, 5.41) is 1.00. The van der Waals surface area contributed by atoms with Crippen LogP contribution in [0.2, 0.25) is 0 Å². The predicted octanol–water partition coefficient (Wildman–Crippen LogP) is 4.89. The summed E-state index contributed by atoms with van der Waals surface area (Å²) in [5.74, 6) is 1.63. The zero-order valence-corrected chi connectivity index (χ0v) is 16.4. The van der Waals surface area contributed by atoms with Crippen LogP contribution in [0.15, 0.2) is 51.7 Å². The van der Waals surface area contributed by atoms with E-state index >= 15 is 0 Å². The molecule has 0 spiro atoms. The maximum absolute atomic E-state index is 12.2. The van der Waals surface area contributed by atoms with E-state index in [1.54, 1.807) is 6.07 Å². The predicted molar refractivity (Wildman–Crippen MR) is 110 cm³/mol. The Kier molecular flexibility index (Phi) is 5.24. The standard InChI is InChI=1S/C23H25NO4/c1-3-5-6-16-13-22(25)28-23-19(16)11-12-21-20(23)14-24(15-27-21)17-7-9-18(10-8-17)26-4-2/h7-13H,3-6,14-15H2,1-2H3. The van der Waals surface area contributed by atoms with Crippen LogP contribution >= 0.6 is 0 Å². The lowest BCUT2D eigenvalue weighted by Crippen LogP contribution is -2.32. The number of unbranched alkanes of at least 4 members (excludes halogenated alkanes) is 1. The van der Waals surface area contributed by atoms with Gasteiger partial charge in [-0.25, -0.2) is 4.79 Å². The van der Waals surface area contributed by atoms with Crippen LogP contribution in [0.5, 0.6) is 11.5 Å². The van der Waals surface area contributed by atoms with E-state index in [0.717, 1.165) is 53.0 Å². The topological polar surface area (TPSA) is 51.9 Å². The summed E-state index contributed by atoms with van der Waals surface area (Å²) in [6, 6.07) is 13.6. The fourth-order valence-electron chi connectivity index (χ4n) is 3.66. The summed E-state index contributed by atoms with van der Waals surface area (Å²) in [6.07, 6.45) is 3.01. The van der Waals surface area contributed by atoms with Gasteiger partial charge in [0.15, 0.2) is 6.73 Å². The van der Waals surface area contributed by atoms with Crippen LogP contribution in [0.25, 0.3) is 11.0 Å². The Morgan fingerprint density at radius 3 is 2.68 bits per heavy atom. The van der Waals surface area contributed by atoms with Crippen molar-refractivity contribution in [3.63, 3.8) is 0 Å². The largest absolute Gasteiger partial charge is 0.494 e. The average Bonchev–Trinajstić information content (AvgIpc) is 2.72. The zero-order valence-electron chi connectivity index (χ0n) is 16.4. The third-order valence-corrected chi connectivity index (χ3v) is 5.10. The number of anilines is 1. The fraction of sp³-hybridized carbons (Fsp3) is 0.348. The molecular weight excluding hydrogens is 354 g/mol. The summed E-state index contributed by atoms with van der Waals surface area (Å²) in [7, 11) is 0. The number of rotatable bonds is 6. The number of fused-ring (bicyclic) bond motifs is 3. The smallest absolute Gasteiger partial charge is 0.336 e. The lowest BCUT2D eigenvalue weighted by molar-refractivity contribution is 0.289. The third kappa shape index (κ3) is 3.57. The van der Waals surface area contributed by atoms with Crippen molar-refractivity contribution in [2.75, 3.05) is 18.2 Å². The molecule has 0 bridgehead atoms. The highest BCUT2D eigenvalue weighted by Crippen LogP contribution is 2.35. The molecule has 0 saturated heterocycles. The number of ether oxygens (including phenoxy) is 2. The summed E-state index contributed by atoms with van der Waals surface area (Å²) < 4.78 is 17.1. The van der Waals surface area contributed by atoms with E-state index in [-0.39, 0.29) is 5.63 Å². The van der Waals surface area contributed by atoms with E-state index < -0.39 is 0 Å². The number of nitrogens with zero attached hydrogens (tertiary/aromatic N) is 1. The molecule has 4 rings (SSSR count). The van der Waals surface area contributed by atoms with Crippen molar-refractivity contribution in [2.45, 2.75) is 39.7 Å². The highest BCUT2D eigenvalue weighted by molar-refractivity contribution is 5.85. The quantitative estimate of drug-likeness (QED) is 0.571. The Labute approximate surface area is 164 Å². The van der Waals surface area contributed by atoms with Gasteiger partial charge in [-0.1, -0.05) is 13.3 Å². The van der Waals surface area contributed by atoms with Crippen molar-refractivity contribution in [3.8, 4) is 11.5 Å². The molecule has 2 aromatic carbocycles. The van der Waals surface area contributed by atoms with E-state index in [1.165, 1.54) is 0 Å². The highest BCUT2D eigenvalue weighted by Gasteiger charge is 2.22. The molecule has 1 aliphatic rings. The summed E-state index contributed by atoms with van der Waals surface area (Å²) in [6.45, 7) is 5.84. The molecular formula is C23H25NO4. The summed E-state index contributed by atoms with van der Waals surface area (Å²) in [5.41, 5.74) is 3.36. The van der Waals surface area contributed by atoms with Crippen LogP contribution in [-0.4, -0.2) is 13.3 Å². The first-order chi connectivity index (χ1) is 13.7. The molecule has 3 aromatic rings. The SMILES string of the molecule is CCCCc1cc(=O)oc2c3c(ccc12)OCN(c1ccc(OCC)cc1)C3. The average molecular weight is 379 g/mol. The molecule has 0 fully saturated rings. The second-order valence-corrected chi connectivity index (χ2v) is 7.01. The lowest BCUT2D eigenvalue weighted by atomic mass is 10.0. The molecule has 0 radical (unpaired) electrons. The first kappa shape index (κ1) is 18.4. The van der Waals surface area contributed by atoms with Gasteiger partial charge in [0.25, 0.3) is 0 Å². The Morgan fingerprint density at radius 2 is 1.93 bits per heavy atom. The molecule has 0 unspecified atom stereocenters. The Bertz CT molecular complexity index is 1020. The van der Waals surface area contributed by atoms with Gasteiger partial charge in [-0.3, -0.25) is 0 Å². The molecule has 28 heavy (non-hydrogen) atoms. The van der Waals surface area contributed by atoms with Crippen molar-refractivity contribution in [1.82, 2.24) is 0 Å². The van der Waals surface area contributed by atoms with E-state index in [0.29, 0.717) is 25.5 Å². The van der Waals surface area contributed by atoms with E-state index in [1.807, 2.05) is 43.3 Å². The molecule has 0 atom stereocenters. The van der Waals surface area contributed by atoms with Gasteiger partial charge in [0.05, 0.1) is 18.7 Å². The van der Waals surface area contributed by atoms with Gasteiger partial charge in [0.1, 0.15) is 17.1 Å². The van der Waals surface area contributed by atoms with Crippen molar-refractivity contribution in [1.29, 1.82) is 0 Å². The normalized spacial score (nSPS) is 13.3. The summed E-state index contributed by atoms with van der Waals surface area (Å²) in [4.78, 5) is 14.3. The van der Waals surface area contributed by atoms with E-state index in [9.17, 15) is 4.79 Å². The van der Waals surface area contributed by atoms with Crippen LogP contribution in [-0.2, 0) is 13.0 Å². The maximum atomic E-state index is 12.2. The van der Waals surface area contributed by atoms with Crippen LogP contribution in [0.3, 0.4) is 0 Å². The van der Waals surface area contributed by atoms with Gasteiger partial charge >= 0.3 is 5.63 Å². The van der Waals surface area contributed by atoms with E-state index in [4.69, 9.17) is 13.9 Å². The van der Waals surface area contributed by atoms with Gasteiger partial charge in [0, 0.05) is 17.1 Å². The van der Waals surface area contributed by atoms with Gasteiger partial charge in [-0.05, 0) is 61.7 Å². The second-order valence-electron chi connectivity index (χ2n) is 7.01. The maximum Gasteiger partial charge on any atom is 0.336 e. The van der Waals surface area contributed by atoms with E-state index in [2.05, 4.69) is 11.8 Å². The van der Waals surface area contributed by atoms with Crippen molar-refractivity contribution in [3.05, 3.63) is 64.0 Å². The minimum Gasteiger partial charge on any atom is -0.494 e. The number of aryl methyl sites for hydroxylation is 1. The molecule has 1 aromatic heterocycles. The van der Waals surface area contributed by atoms with Crippen molar-refractivity contribution >= 4 is 16.7 Å². The van der Waals surface area contributed by atoms with Gasteiger partial charge in [-0.15, -0.1) is 0 Å². The molecule has 146 valence electrons. The zero-order chi connectivity index (χ0) is 19.5. The Balaban J connectivity index is 1.70. The molecule has 1 aliphatic heterocycles. The molecule has 0 amide bonds. The molecule has 2 heterocycles. The molecule has 0 N–H and O–H groups in total.